The first-order valence-corrected chi connectivity index (χ1v) is 6.25. The van der Waals surface area contributed by atoms with Crippen molar-refractivity contribution in [1.82, 2.24) is 10.6 Å². The minimum absolute atomic E-state index is 0.0732. The van der Waals surface area contributed by atoms with E-state index in [1.54, 1.807) is 11.3 Å². The molecule has 0 fully saturated rings. The van der Waals surface area contributed by atoms with Crippen molar-refractivity contribution in [1.29, 1.82) is 0 Å². The Hall–Kier alpha value is -1.56. The number of thiophene rings is 1. The van der Waals surface area contributed by atoms with Gasteiger partial charge in [-0.2, -0.15) is 0 Å². The van der Waals surface area contributed by atoms with Crippen LogP contribution in [0.2, 0.25) is 0 Å². The van der Waals surface area contributed by atoms with Crippen LogP contribution in [0.1, 0.15) is 31.2 Å². The third kappa shape index (κ3) is 4.07. The molecule has 0 aliphatic carbocycles. The minimum atomic E-state index is -1.05. The van der Waals surface area contributed by atoms with Crippen LogP contribution in [0.25, 0.3) is 0 Å². The first kappa shape index (κ1) is 13.5. The Kier molecular flexibility index (Phi) is 4.96. The summed E-state index contributed by atoms with van der Waals surface area (Å²) in [7, 11) is 0. The zero-order valence-electron chi connectivity index (χ0n) is 9.77. The first-order valence-electron chi connectivity index (χ1n) is 5.37. The summed E-state index contributed by atoms with van der Waals surface area (Å²) in [6.45, 7) is 3.39. The Balaban J connectivity index is 2.52. The lowest BCUT2D eigenvalue weighted by molar-refractivity contribution is -0.138. The number of carbonyl (C=O) groups is 2. The van der Waals surface area contributed by atoms with Crippen molar-refractivity contribution in [2.75, 3.05) is 0 Å². The van der Waals surface area contributed by atoms with Crippen LogP contribution in [0.5, 0.6) is 0 Å². The van der Waals surface area contributed by atoms with Crippen molar-refractivity contribution in [3.63, 3.8) is 0 Å². The van der Waals surface area contributed by atoms with Crippen LogP contribution in [0.3, 0.4) is 0 Å². The summed E-state index contributed by atoms with van der Waals surface area (Å²) in [5.74, 6) is -1.05. The average molecular weight is 256 g/mol. The number of carboxylic acids is 1. The van der Waals surface area contributed by atoms with Crippen LogP contribution >= 0.6 is 11.3 Å². The lowest BCUT2D eigenvalue weighted by Gasteiger charge is -2.17. The van der Waals surface area contributed by atoms with Crippen molar-refractivity contribution in [2.24, 2.45) is 0 Å². The molecular weight excluding hydrogens is 240 g/mol. The largest absolute Gasteiger partial charge is 0.480 e. The van der Waals surface area contributed by atoms with Gasteiger partial charge in [0.25, 0.3) is 0 Å². The van der Waals surface area contributed by atoms with Gasteiger partial charge in [-0.25, -0.2) is 4.79 Å². The van der Waals surface area contributed by atoms with Gasteiger partial charge >= 0.3 is 12.0 Å². The number of nitrogens with one attached hydrogen (secondary N) is 2. The summed E-state index contributed by atoms with van der Waals surface area (Å²) in [6.07, 6.45) is 0.759. The lowest BCUT2D eigenvalue weighted by Crippen LogP contribution is -2.45. The molecule has 1 aromatic rings. The molecule has 0 saturated heterocycles. The fraction of sp³-hybridized carbons (Fsp3) is 0.455. The number of carboxylic acid groups (broad SMARTS) is 1. The van der Waals surface area contributed by atoms with E-state index >= 15 is 0 Å². The third-order valence-electron chi connectivity index (χ3n) is 2.32. The topological polar surface area (TPSA) is 78.4 Å². The highest BCUT2D eigenvalue weighted by molar-refractivity contribution is 7.10. The Bertz CT molecular complexity index is 378. The number of amides is 2. The van der Waals surface area contributed by atoms with Crippen molar-refractivity contribution in [3.05, 3.63) is 22.4 Å². The van der Waals surface area contributed by atoms with E-state index in [0.717, 1.165) is 11.3 Å². The van der Waals surface area contributed by atoms with Crippen LogP contribution in [0.4, 0.5) is 4.79 Å². The molecule has 0 saturated carbocycles. The fourth-order valence-electron chi connectivity index (χ4n) is 1.32. The van der Waals surface area contributed by atoms with Gasteiger partial charge in [-0.15, -0.1) is 11.3 Å². The van der Waals surface area contributed by atoms with Gasteiger partial charge in [0, 0.05) is 4.88 Å². The smallest absolute Gasteiger partial charge is 0.325 e. The fourth-order valence-corrected chi connectivity index (χ4v) is 2.18. The van der Waals surface area contributed by atoms with Gasteiger partial charge < -0.3 is 15.7 Å². The molecule has 2 amide bonds. The molecule has 0 aromatic carbocycles. The molecule has 0 radical (unpaired) electrons. The van der Waals surface area contributed by atoms with Gasteiger partial charge in [-0.1, -0.05) is 13.0 Å². The molecule has 17 heavy (non-hydrogen) atoms. The average Bonchev–Trinajstić information content (AvgIpc) is 2.78. The van der Waals surface area contributed by atoms with E-state index in [0.29, 0.717) is 0 Å². The van der Waals surface area contributed by atoms with E-state index in [4.69, 9.17) is 5.11 Å². The van der Waals surface area contributed by atoms with Gasteiger partial charge in [0.15, 0.2) is 0 Å². The number of aliphatic carboxylic acids is 1. The van der Waals surface area contributed by atoms with Gasteiger partial charge in [-0.05, 0) is 24.8 Å². The molecule has 5 nitrogen and oxygen atoms in total. The molecule has 94 valence electrons. The number of urea groups is 1. The molecule has 0 bridgehead atoms. The van der Waals surface area contributed by atoms with Crippen molar-refractivity contribution in [3.8, 4) is 0 Å². The van der Waals surface area contributed by atoms with E-state index in [-0.39, 0.29) is 6.04 Å². The van der Waals surface area contributed by atoms with Crippen LogP contribution in [0, 0.1) is 0 Å². The van der Waals surface area contributed by atoms with Gasteiger partial charge in [0.1, 0.15) is 6.04 Å². The molecular formula is C11H16N2O3S. The Morgan fingerprint density at radius 2 is 2.18 bits per heavy atom. The summed E-state index contributed by atoms with van der Waals surface area (Å²) >= 11 is 1.56. The zero-order valence-corrected chi connectivity index (χ0v) is 10.6. The molecule has 6 heteroatoms. The van der Waals surface area contributed by atoms with Crippen molar-refractivity contribution >= 4 is 23.3 Å². The predicted octanol–water partition coefficient (Wildman–Crippen LogP) is 1.97. The monoisotopic (exact) mass is 256 g/mol. The number of rotatable bonds is 5. The van der Waals surface area contributed by atoms with Crippen LogP contribution in [-0.4, -0.2) is 23.1 Å². The number of hydrogen-bond acceptors (Lipinski definition) is 3. The molecule has 1 aromatic heterocycles. The van der Waals surface area contributed by atoms with E-state index in [2.05, 4.69) is 10.6 Å². The summed E-state index contributed by atoms with van der Waals surface area (Å²) < 4.78 is 0. The maximum absolute atomic E-state index is 11.5. The van der Waals surface area contributed by atoms with E-state index in [1.165, 1.54) is 6.92 Å². The van der Waals surface area contributed by atoms with Gasteiger partial charge in [0.05, 0.1) is 6.04 Å². The maximum Gasteiger partial charge on any atom is 0.325 e. The van der Waals surface area contributed by atoms with Gasteiger partial charge in [0.2, 0.25) is 0 Å². The number of hydrogen-bond donors (Lipinski definition) is 3. The molecule has 1 rings (SSSR count). The molecule has 0 aliphatic heterocycles. The lowest BCUT2D eigenvalue weighted by atomic mass is 10.2. The van der Waals surface area contributed by atoms with E-state index < -0.39 is 18.0 Å². The normalized spacial score (nSPS) is 13.8. The standard InChI is InChI=1S/C11H16N2O3S/c1-3-8(9-5-4-6-17-9)13-11(16)12-7(2)10(14)15/h4-8H,3H2,1-2H3,(H,14,15)(H2,12,13,16)/t7-,8?/m1/s1. The second kappa shape index (κ2) is 6.24. The quantitative estimate of drug-likeness (QED) is 0.753. The van der Waals surface area contributed by atoms with E-state index in [1.807, 2.05) is 24.4 Å². The molecule has 1 unspecified atom stereocenters. The van der Waals surface area contributed by atoms with Crippen LogP contribution in [0.15, 0.2) is 17.5 Å². The summed E-state index contributed by atoms with van der Waals surface area (Å²) in [4.78, 5) is 23.2. The second-order valence-electron chi connectivity index (χ2n) is 3.65. The Morgan fingerprint density at radius 1 is 1.47 bits per heavy atom. The molecule has 2 atom stereocenters. The van der Waals surface area contributed by atoms with E-state index in [9.17, 15) is 9.59 Å². The third-order valence-corrected chi connectivity index (χ3v) is 3.30. The summed E-state index contributed by atoms with van der Waals surface area (Å²) in [6, 6.07) is 2.44. The molecule has 3 N–H and O–H groups in total. The highest BCUT2D eigenvalue weighted by atomic mass is 32.1. The Labute approximate surface area is 104 Å². The zero-order chi connectivity index (χ0) is 12.8. The van der Waals surface area contributed by atoms with Crippen LogP contribution < -0.4 is 10.6 Å². The molecule has 0 aliphatic rings. The van der Waals surface area contributed by atoms with Crippen molar-refractivity contribution < 1.29 is 14.7 Å². The van der Waals surface area contributed by atoms with Crippen LogP contribution in [-0.2, 0) is 4.79 Å². The first-order chi connectivity index (χ1) is 8.04. The summed E-state index contributed by atoms with van der Waals surface area (Å²) in [5.41, 5.74) is 0. The second-order valence-corrected chi connectivity index (χ2v) is 4.63. The highest BCUT2D eigenvalue weighted by Gasteiger charge is 2.17. The summed E-state index contributed by atoms with van der Waals surface area (Å²) in [5, 5.41) is 15.7. The predicted molar refractivity (Wildman–Crippen MR) is 66.1 cm³/mol. The highest BCUT2D eigenvalue weighted by Crippen LogP contribution is 2.21. The van der Waals surface area contributed by atoms with Crippen molar-refractivity contribution in [2.45, 2.75) is 32.4 Å². The van der Waals surface area contributed by atoms with Gasteiger partial charge in [-0.3, -0.25) is 4.79 Å². The SMILES string of the molecule is CCC(NC(=O)N[C@H](C)C(=O)O)c1cccs1. The number of carbonyl (C=O) groups excluding carboxylic acids is 1. The molecule has 0 spiro atoms. The maximum atomic E-state index is 11.5. The Morgan fingerprint density at radius 3 is 2.65 bits per heavy atom. The minimum Gasteiger partial charge on any atom is -0.480 e. The molecule has 1 heterocycles.